The number of anilines is 1. The minimum atomic E-state index is -0.197. The van der Waals surface area contributed by atoms with Crippen LogP contribution in [0.3, 0.4) is 0 Å². The Morgan fingerprint density at radius 3 is 2.38 bits per heavy atom. The second-order valence-electron chi connectivity index (χ2n) is 7.76. The van der Waals surface area contributed by atoms with Crippen molar-refractivity contribution in [3.05, 3.63) is 96.4 Å². The van der Waals surface area contributed by atoms with Crippen molar-refractivity contribution in [2.24, 2.45) is 0 Å². The summed E-state index contributed by atoms with van der Waals surface area (Å²) in [6, 6.07) is 21.7. The number of nitrogens with zero attached hydrogens (tertiary/aromatic N) is 4. The number of para-hydroxylation sites is 1. The highest BCUT2D eigenvalue weighted by Crippen LogP contribution is 2.21. The van der Waals surface area contributed by atoms with Gasteiger partial charge in [0.25, 0.3) is 5.91 Å². The maximum Gasteiger partial charge on any atom is 0.261 e. The highest BCUT2D eigenvalue weighted by atomic mass is 16.5. The van der Waals surface area contributed by atoms with Crippen molar-refractivity contribution in [1.82, 2.24) is 19.2 Å². The van der Waals surface area contributed by atoms with Crippen LogP contribution in [-0.2, 0) is 11.3 Å². The fourth-order valence-corrected chi connectivity index (χ4v) is 3.89. The van der Waals surface area contributed by atoms with Crippen molar-refractivity contribution in [3.8, 4) is 11.5 Å². The zero-order chi connectivity index (χ0) is 21.8. The van der Waals surface area contributed by atoms with E-state index in [4.69, 9.17) is 4.74 Å². The standard InChI is InChI=1S/C25H25N5O2/c31-24(27-21-10-8-20(9-11-21)19-28-14-16-32-17-15-28)23-18-26-30(22-6-2-1-3-7-22)25(23)29-12-4-5-13-29/h1-13,18H,14-17,19H2,(H,27,31). The second-order valence-corrected chi connectivity index (χ2v) is 7.76. The molecule has 3 heterocycles. The molecule has 1 saturated heterocycles. The predicted molar refractivity (Wildman–Crippen MR) is 123 cm³/mol. The Balaban J connectivity index is 1.36. The van der Waals surface area contributed by atoms with Gasteiger partial charge in [0.05, 0.1) is 25.1 Å². The van der Waals surface area contributed by atoms with Crippen LogP contribution in [0.25, 0.3) is 11.5 Å². The number of ether oxygens (including phenoxy) is 1. The zero-order valence-electron chi connectivity index (χ0n) is 17.7. The lowest BCUT2D eigenvalue weighted by atomic mass is 10.2. The van der Waals surface area contributed by atoms with Crippen molar-refractivity contribution in [2.75, 3.05) is 31.6 Å². The monoisotopic (exact) mass is 427 g/mol. The molecule has 0 aliphatic carbocycles. The lowest BCUT2D eigenvalue weighted by Gasteiger charge is -2.26. The van der Waals surface area contributed by atoms with Crippen LogP contribution in [0.4, 0.5) is 5.69 Å². The van der Waals surface area contributed by atoms with Crippen LogP contribution in [0.15, 0.2) is 85.3 Å². The average Bonchev–Trinajstić information content (AvgIpc) is 3.51. The fraction of sp³-hybridized carbons (Fsp3) is 0.200. The molecule has 2 aromatic heterocycles. The predicted octanol–water partition coefficient (Wildman–Crippen LogP) is 3.75. The molecule has 0 bridgehead atoms. The molecular weight excluding hydrogens is 402 g/mol. The van der Waals surface area contributed by atoms with E-state index in [2.05, 4.69) is 27.4 Å². The van der Waals surface area contributed by atoms with Gasteiger partial charge in [-0.3, -0.25) is 9.69 Å². The van der Waals surface area contributed by atoms with E-state index in [-0.39, 0.29) is 5.91 Å². The minimum Gasteiger partial charge on any atom is -0.379 e. The number of carbonyl (C=O) groups is 1. The number of nitrogens with one attached hydrogen (secondary N) is 1. The molecule has 2 aromatic carbocycles. The molecule has 0 unspecified atom stereocenters. The molecule has 1 amide bonds. The molecule has 1 N–H and O–H groups in total. The summed E-state index contributed by atoms with van der Waals surface area (Å²) in [4.78, 5) is 15.6. The molecule has 0 spiro atoms. The first kappa shape index (κ1) is 20.2. The van der Waals surface area contributed by atoms with E-state index in [1.807, 2.05) is 71.6 Å². The molecule has 1 fully saturated rings. The largest absolute Gasteiger partial charge is 0.379 e. The van der Waals surface area contributed by atoms with Crippen molar-refractivity contribution >= 4 is 11.6 Å². The van der Waals surface area contributed by atoms with Crippen LogP contribution in [0.5, 0.6) is 0 Å². The normalized spacial score (nSPS) is 14.4. The maximum absolute atomic E-state index is 13.2. The van der Waals surface area contributed by atoms with Crippen molar-refractivity contribution in [2.45, 2.75) is 6.54 Å². The smallest absolute Gasteiger partial charge is 0.261 e. The Morgan fingerprint density at radius 1 is 0.938 bits per heavy atom. The molecule has 4 aromatic rings. The quantitative estimate of drug-likeness (QED) is 0.509. The van der Waals surface area contributed by atoms with E-state index in [1.165, 1.54) is 5.56 Å². The molecule has 7 nitrogen and oxygen atoms in total. The van der Waals surface area contributed by atoms with E-state index < -0.39 is 0 Å². The van der Waals surface area contributed by atoms with Gasteiger partial charge < -0.3 is 14.6 Å². The first-order valence-electron chi connectivity index (χ1n) is 10.7. The molecule has 0 saturated carbocycles. The van der Waals surface area contributed by atoms with Crippen LogP contribution in [0.1, 0.15) is 15.9 Å². The number of rotatable bonds is 6. The molecule has 162 valence electrons. The zero-order valence-corrected chi connectivity index (χ0v) is 17.7. The summed E-state index contributed by atoms with van der Waals surface area (Å²) in [6.45, 7) is 4.36. The summed E-state index contributed by atoms with van der Waals surface area (Å²) in [6.07, 6.45) is 5.44. The summed E-state index contributed by atoms with van der Waals surface area (Å²) in [5.74, 6) is 0.499. The van der Waals surface area contributed by atoms with E-state index in [9.17, 15) is 4.79 Å². The van der Waals surface area contributed by atoms with Crippen molar-refractivity contribution < 1.29 is 9.53 Å². The highest BCUT2D eigenvalue weighted by Gasteiger charge is 2.20. The Bertz CT molecular complexity index is 1160. The summed E-state index contributed by atoms with van der Waals surface area (Å²) in [5.41, 5.74) is 3.37. The average molecular weight is 428 g/mol. The van der Waals surface area contributed by atoms with E-state index >= 15 is 0 Å². The number of morpholine rings is 1. The third-order valence-corrected chi connectivity index (χ3v) is 5.56. The van der Waals surface area contributed by atoms with E-state index in [0.29, 0.717) is 11.4 Å². The summed E-state index contributed by atoms with van der Waals surface area (Å²) < 4.78 is 9.09. The Labute approximate surface area is 186 Å². The van der Waals surface area contributed by atoms with Crippen LogP contribution >= 0.6 is 0 Å². The van der Waals surface area contributed by atoms with Gasteiger partial charge in [-0.2, -0.15) is 5.10 Å². The third-order valence-electron chi connectivity index (χ3n) is 5.56. The SMILES string of the molecule is O=C(Nc1ccc(CN2CCOCC2)cc1)c1cnn(-c2ccccc2)c1-n1cccc1. The van der Waals surface area contributed by atoms with Crippen LogP contribution in [0.2, 0.25) is 0 Å². The van der Waals surface area contributed by atoms with E-state index in [1.54, 1.807) is 10.9 Å². The summed E-state index contributed by atoms with van der Waals surface area (Å²) in [7, 11) is 0. The molecule has 5 rings (SSSR count). The molecule has 1 aliphatic heterocycles. The first-order chi connectivity index (χ1) is 15.8. The van der Waals surface area contributed by atoms with Gasteiger partial charge >= 0.3 is 0 Å². The molecule has 32 heavy (non-hydrogen) atoms. The van der Waals surface area contributed by atoms with Gasteiger partial charge in [0.15, 0.2) is 5.82 Å². The molecule has 0 atom stereocenters. The van der Waals surface area contributed by atoms with Gasteiger partial charge in [-0.1, -0.05) is 30.3 Å². The summed E-state index contributed by atoms with van der Waals surface area (Å²) in [5, 5.41) is 7.52. The van der Waals surface area contributed by atoms with E-state index in [0.717, 1.165) is 44.2 Å². The summed E-state index contributed by atoms with van der Waals surface area (Å²) >= 11 is 0. The number of hydrogen-bond acceptors (Lipinski definition) is 4. The van der Waals surface area contributed by atoms with Crippen LogP contribution in [0, 0.1) is 0 Å². The van der Waals surface area contributed by atoms with Crippen molar-refractivity contribution in [1.29, 1.82) is 0 Å². The molecule has 1 aliphatic rings. The Morgan fingerprint density at radius 2 is 1.66 bits per heavy atom. The number of benzene rings is 2. The van der Waals surface area contributed by atoms with Gasteiger partial charge in [0.2, 0.25) is 0 Å². The van der Waals surface area contributed by atoms with Crippen LogP contribution in [-0.4, -0.2) is 51.5 Å². The Hall–Kier alpha value is -3.68. The fourth-order valence-electron chi connectivity index (χ4n) is 3.89. The second kappa shape index (κ2) is 9.21. The third kappa shape index (κ3) is 4.34. The van der Waals surface area contributed by atoms with Crippen LogP contribution < -0.4 is 5.32 Å². The maximum atomic E-state index is 13.2. The number of amides is 1. The van der Waals surface area contributed by atoms with Gasteiger partial charge in [-0.25, -0.2) is 4.68 Å². The van der Waals surface area contributed by atoms with Crippen molar-refractivity contribution in [3.63, 3.8) is 0 Å². The number of carbonyl (C=O) groups excluding carboxylic acids is 1. The lowest BCUT2D eigenvalue weighted by Crippen LogP contribution is -2.35. The van der Waals surface area contributed by atoms with Gasteiger partial charge in [-0.05, 0) is 42.0 Å². The molecule has 0 radical (unpaired) electrons. The van der Waals surface area contributed by atoms with Gasteiger partial charge in [-0.15, -0.1) is 0 Å². The Kier molecular flexibility index (Phi) is 5.83. The lowest BCUT2D eigenvalue weighted by molar-refractivity contribution is 0.0342. The number of hydrogen-bond donors (Lipinski definition) is 1. The van der Waals surface area contributed by atoms with Gasteiger partial charge in [0, 0.05) is 37.7 Å². The molecule has 7 heteroatoms. The minimum absolute atomic E-state index is 0.197. The number of aromatic nitrogens is 3. The first-order valence-corrected chi connectivity index (χ1v) is 10.7. The topological polar surface area (TPSA) is 64.3 Å². The van der Waals surface area contributed by atoms with Gasteiger partial charge in [0.1, 0.15) is 5.56 Å². The highest BCUT2D eigenvalue weighted by molar-refractivity contribution is 6.06. The molecular formula is C25H25N5O2.